The molecular weight excluding hydrogens is 278 g/mol. The molecule has 1 amide bonds. The molecule has 1 fully saturated rings. The van der Waals surface area contributed by atoms with Crippen molar-refractivity contribution in [2.75, 3.05) is 6.54 Å². The lowest BCUT2D eigenvalue weighted by molar-refractivity contribution is -0.133. The lowest BCUT2D eigenvalue weighted by Crippen LogP contribution is -2.42. The highest BCUT2D eigenvalue weighted by Gasteiger charge is 2.22. The van der Waals surface area contributed by atoms with Crippen molar-refractivity contribution in [3.8, 4) is 10.4 Å². The molecule has 0 unspecified atom stereocenters. The summed E-state index contributed by atoms with van der Waals surface area (Å²) in [5, 5.41) is 2.09. The first-order valence-corrected chi connectivity index (χ1v) is 8.54. The average Bonchev–Trinajstić information content (AvgIpc) is 3.02. The third-order valence-corrected chi connectivity index (χ3v) is 5.16. The van der Waals surface area contributed by atoms with Gasteiger partial charge in [0.15, 0.2) is 0 Å². The zero-order chi connectivity index (χ0) is 14.7. The Morgan fingerprint density at radius 3 is 2.71 bits per heavy atom. The molecule has 0 aliphatic carbocycles. The molecule has 3 heteroatoms. The van der Waals surface area contributed by atoms with E-state index in [0.29, 0.717) is 12.5 Å². The Kier molecular flexibility index (Phi) is 4.39. The molecule has 2 nitrogen and oxygen atoms in total. The van der Waals surface area contributed by atoms with E-state index in [9.17, 15) is 4.79 Å². The minimum atomic E-state index is 0.270. The number of nitrogens with zero attached hydrogens (tertiary/aromatic N) is 1. The smallest absolute Gasteiger partial charge is 0.227 e. The molecular formula is C18H21NOS. The predicted octanol–water partition coefficient (Wildman–Crippen LogP) is 4.36. The number of likely N-dealkylation sites (tertiary alicyclic amines) is 1. The van der Waals surface area contributed by atoms with E-state index in [4.69, 9.17) is 0 Å². The molecule has 2 heterocycles. The number of amides is 1. The van der Waals surface area contributed by atoms with E-state index in [1.165, 1.54) is 16.9 Å². The van der Waals surface area contributed by atoms with Gasteiger partial charge in [-0.15, -0.1) is 11.3 Å². The molecule has 21 heavy (non-hydrogen) atoms. The number of carbonyl (C=O) groups is 1. The molecule has 0 spiro atoms. The minimum absolute atomic E-state index is 0.270. The number of piperidine rings is 1. The zero-order valence-corrected chi connectivity index (χ0v) is 13.2. The highest BCUT2D eigenvalue weighted by Crippen LogP contribution is 2.25. The number of hydrogen-bond donors (Lipinski definition) is 0. The standard InChI is InChI=1S/C18H21NOS/c1-14-5-2-3-11-19(14)18(20)13-15-7-9-16(10-8-15)17-6-4-12-21-17/h4,6-10,12,14H,2-3,5,11,13H2,1H3/t14-/m0/s1. The van der Waals surface area contributed by atoms with Crippen LogP contribution in [-0.4, -0.2) is 23.4 Å². The van der Waals surface area contributed by atoms with Gasteiger partial charge in [0.05, 0.1) is 6.42 Å². The summed E-state index contributed by atoms with van der Waals surface area (Å²) < 4.78 is 0. The van der Waals surface area contributed by atoms with E-state index in [1.807, 2.05) is 0 Å². The second-order valence-corrected chi connectivity index (χ2v) is 6.73. The van der Waals surface area contributed by atoms with Crippen LogP contribution in [0.1, 0.15) is 31.7 Å². The van der Waals surface area contributed by atoms with Crippen LogP contribution in [0.2, 0.25) is 0 Å². The van der Waals surface area contributed by atoms with E-state index >= 15 is 0 Å². The third-order valence-electron chi connectivity index (χ3n) is 4.24. The molecule has 0 saturated carbocycles. The number of hydrogen-bond acceptors (Lipinski definition) is 2. The van der Waals surface area contributed by atoms with Gasteiger partial charge in [0, 0.05) is 17.5 Å². The first-order valence-electron chi connectivity index (χ1n) is 7.66. The first kappa shape index (κ1) is 14.3. The Morgan fingerprint density at radius 1 is 1.24 bits per heavy atom. The first-order chi connectivity index (χ1) is 10.2. The molecule has 1 aliphatic heterocycles. The molecule has 1 aromatic heterocycles. The Morgan fingerprint density at radius 2 is 2.05 bits per heavy atom. The Labute approximate surface area is 130 Å². The van der Waals surface area contributed by atoms with Gasteiger partial charge >= 0.3 is 0 Å². The van der Waals surface area contributed by atoms with Crippen LogP contribution in [0.25, 0.3) is 10.4 Å². The highest BCUT2D eigenvalue weighted by atomic mass is 32.1. The summed E-state index contributed by atoms with van der Waals surface area (Å²) in [6.45, 7) is 3.09. The highest BCUT2D eigenvalue weighted by molar-refractivity contribution is 7.13. The molecule has 0 N–H and O–H groups in total. The number of thiophene rings is 1. The molecule has 1 aliphatic rings. The van der Waals surface area contributed by atoms with Crippen molar-refractivity contribution >= 4 is 17.2 Å². The Balaban J connectivity index is 1.66. The predicted molar refractivity (Wildman–Crippen MR) is 88.5 cm³/mol. The van der Waals surface area contributed by atoms with Gasteiger partial charge in [0.1, 0.15) is 0 Å². The van der Waals surface area contributed by atoms with E-state index in [-0.39, 0.29) is 5.91 Å². The van der Waals surface area contributed by atoms with Crippen LogP contribution in [0, 0.1) is 0 Å². The largest absolute Gasteiger partial charge is 0.340 e. The number of carbonyl (C=O) groups excluding carboxylic acids is 1. The van der Waals surface area contributed by atoms with Gasteiger partial charge in [-0.3, -0.25) is 4.79 Å². The average molecular weight is 299 g/mol. The summed E-state index contributed by atoms with van der Waals surface area (Å²) in [6.07, 6.45) is 4.06. The maximum atomic E-state index is 12.4. The van der Waals surface area contributed by atoms with Gasteiger partial charge in [-0.2, -0.15) is 0 Å². The van der Waals surface area contributed by atoms with E-state index in [0.717, 1.165) is 24.9 Å². The fourth-order valence-electron chi connectivity index (χ4n) is 2.97. The van der Waals surface area contributed by atoms with Crippen molar-refractivity contribution in [2.45, 2.75) is 38.6 Å². The molecule has 1 saturated heterocycles. The second kappa shape index (κ2) is 6.44. The quantitative estimate of drug-likeness (QED) is 0.824. The zero-order valence-electron chi connectivity index (χ0n) is 12.4. The van der Waals surface area contributed by atoms with Gasteiger partial charge in [-0.25, -0.2) is 0 Å². The van der Waals surface area contributed by atoms with Crippen LogP contribution in [-0.2, 0) is 11.2 Å². The van der Waals surface area contributed by atoms with Crippen molar-refractivity contribution < 1.29 is 4.79 Å². The molecule has 2 aromatic rings. The summed E-state index contributed by atoms with van der Waals surface area (Å²) >= 11 is 1.74. The van der Waals surface area contributed by atoms with Crippen LogP contribution < -0.4 is 0 Å². The van der Waals surface area contributed by atoms with Gasteiger partial charge in [0.25, 0.3) is 0 Å². The van der Waals surface area contributed by atoms with Crippen molar-refractivity contribution in [3.05, 3.63) is 47.3 Å². The summed E-state index contributed by atoms with van der Waals surface area (Å²) in [5.74, 6) is 0.270. The van der Waals surface area contributed by atoms with E-state index in [1.54, 1.807) is 11.3 Å². The molecule has 1 aromatic carbocycles. The lowest BCUT2D eigenvalue weighted by Gasteiger charge is -2.33. The SMILES string of the molecule is C[C@H]1CCCCN1C(=O)Cc1ccc(-c2cccs2)cc1. The Bertz CT molecular complexity index is 588. The summed E-state index contributed by atoms with van der Waals surface area (Å²) in [4.78, 5) is 15.7. The number of benzene rings is 1. The van der Waals surface area contributed by atoms with Crippen LogP contribution in [0.4, 0.5) is 0 Å². The van der Waals surface area contributed by atoms with Crippen molar-refractivity contribution in [2.24, 2.45) is 0 Å². The van der Waals surface area contributed by atoms with Gasteiger partial charge in [-0.1, -0.05) is 30.3 Å². The van der Waals surface area contributed by atoms with Gasteiger partial charge in [-0.05, 0) is 48.8 Å². The summed E-state index contributed by atoms with van der Waals surface area (Å²) in [5.41, 5.74) is 2.34. The fraction of sp³-hybridized carbons (Fsp3) is 0.389. The lowest BCUT2D eigenvalue weighted by atomic mass is 10.0. The van der Waals surface area contributed by atoms with Gasteiger partial charge < -0.3 is 4.90 Å². The monoisotopic (exact) mass is 299 g/mol. The number of rotatable bonds is 3. The van der Waals surface area contributed by atoms with Crippen molar-refractivity contribution in [1.29, 1.82) is 0 Å². The maximum Gasteiger partial charge on any atom is 0.227 e. The van der Waals surface area contributed by atoms with Crippen LogP contribution in [0.15, 0.2) is 41.8 Å². The topological polar surface area (TPSA) is 20.3 Å². The van der Waals surface area contributed by atoms with Crippen LogP contribution in [0.5, 0.6) is 0 Å². The van der Waals surface area contributed by atoms with E-state index in [2.05, 4.69) is 53.6 Å². The minimum Gasteiger partial charge on any atom is -0.340 e. The molecule has 0 radical (unpaired) electrons. The fourth-order valence-corrected chi connectivity index (χ4v) is 3.71. The summed E-state index contributed by atoms with van der Waals surface area (Å²) in [6, 6.07) is 13.0. The second-order valence-electron chi connectivity index (χ2n) is 5.78. The molecule has 110 valence electrons. The molecule has 0 bridgehead atoms. The molecule has 3 rings (SSSR count). The van der Waals surface area contributed by atoms with Crippen LogP contribution >= 0.6 is 11.3 Å². The van der Waals surface area contributed by atoms with E-state index < -0.39 is 0 Å². The maximum absolute atomic E-state index is 12.4. The van der Waals surface area contributed by atoms with Crippen molar-refractivity contribution in [3.63, 3.8) is 0 Å². The summed E-state index contributed by atoms with van der Waals surface area (Å²) in [7, 11) is 0. The third kappa shape index (κ3) is 3.35. The van der Waals surface area contributed by atoms with Crippen molar-refractivity contribution in [1.82, 2.24) is 4.90 Å². The molecule has 1 atom stereocenters. The van der Waals surface area contributed by atoms with Gasteiger partial charge in [0.2, 0.25) is 5.91 Å². The normalized spacial score (nSPS) is 18.7. The Hall–Kier alpha value is -1.61. The van der Waals surface area contributed by atoms with Crippen LogP contribution in [0.3, 0.4) is 0 Å².